The van der Waals surface area contributed by atoms with Gasteiger partial charge in [0.05, 0.1) is 0 Å². The number of rotatable bonds is 0. The first kappa shape index (κ1) is 5.00. The first-order valence-electron chi connectivity index (χ1n) is 1.64. The zero-order valence-corrected chi connectivity index (χ0v) is 3.78. The molecule has 0 amide bonds. The molecule has 0 aliphatic heterocycles. The van der Waals surface area contributed by atoms with Gasteiger partial charge in [-0.1, -0.05) is 13.8 Å². The Morgan fingerprint density at radius 3 is 1.60 bits per heavy atom. The molecule has 0 heteroatoms. The third-order valence-electron chi connectivity index (χ3n) is 0. The van der Waals surface area contributed by atoms with Gasteiger partial charge in [-0.15, -0.1) is 0 Å². The van der Waals surface area contributed by atoms with Crippen molar-refractivity contribution >= 4 is 0 Å². The Morgan fingerprint density at radius 2 is 1.60 bits per heavy atom. The van der Waals surface area contributed by atoms with E-state index in [4.69, 9.17) is 6.92 Å². The minimum Gasteiger partial charge on any atom is -0.0596 e. The molecule has 3 radical (unpaired) electrons. The molecular formula is C5H9. The smallest absolute Gasteiger partial charge is 0.0290 e. The van der Waals surface area contributed by atoms with Gasteiger partial charge < -0.3 is 0 Å². The zero-order chi connectivity index (χ0) is 4.50. The summed E-state index contributed by atoms with van der Waals surface area (Å²) in [4.78, 5) is 0. The SMILES string of the molecule is [CH]C([CH2])(C)C. The third-order valence-corrected chi connectivity index (χ3v) is 0. The third kappa shape index (κ3) is 0. The molecule has 0 N–H and O–H groups in total. The Bertz CT molecular complexity index is 15.5. The molecule has 0 atom stereocenters. The van der Waals surface area contributed by atoms with E-state index in [-0.39, 0.29) is 5.41 Å². The van der Waals surface area contributed by atoms with Crippen molar-refractivity contribution in [3.63, 3.8) is 0 Å². The average molecular weight is 69.1 g/mol. The molecule has 0 aliphatic carbocycles. The fourth-order valence-electron chi connectivity index (χ4n) is 0. The lowest BCUT2D eigenvalue weighted by Gasteiger charge is -2.04. The maximum atomic E-state index is 5.24. The summed E-state index contributed by atoms with van der Waals surface area (Å²) in [5.74, 6) is 0. The summed E-state index contributed by atoms with van der Waals surface area (Å²) in [6.07, 6.45) is 0. The predicted octanol–water partition coefficient (Wildman–Crippen LogP) is 1.56. The monoisotopic (exact) mass is 69.1 g/mol. The van der Waals surface area contributed by atoms with Gasteiger partial charge in [-0.25, -0.2) is 0 Å². The van der Waals surface area contributed by atoms with E-state index < -0.39 is 0 Å². The van der Waals surface area contributed by atoms with Crippen molar-refractivity contribution in [1.29, 1.82) is 0 Å². The molecule has 0 saturated carbocycles. The maximum absolute atomic E-state index is 5.24. The van der Waals surface area contributed by atoms with Crippen molar-refractivity contribution in [2.24, 2.45) is 5.41 Å². The van der Waals surface area contributed by atoms with Gasteiger partial charge >= 0.3 is 0 Å². The molecule has 0 aromatic heterocycles. The van der Waals surface area contributed by atoms with Crippen molar-refractivity contribution in [3.05, 3.63) is 13.8 Å². The van der Waals surface area contributed by atoms with Gasteiger partial charge in [0.25, 0.3) is 0 Å². The fourth-order valence-corrected chi connectivity index (χ4v) is 0. The summed E-state index contributed by atoms with van der Waals surface area (Å²) >= 11 is 0. The van der Waals surface area contributed by atoms with Crippen LogP contribution in [-0.2, 0) is 0 Å². The van der Waals surface area contributed by atoms with Crippen molar-refractivity contribution < 1.29 is 0 Å². The Balaban J connectivity index is 3.02. The van der Waals surface area contributed by atoms with Crippen LogP contribution in [-0.4, -0.2) is 0 Å². The largest absolute Gasteiger partial charge is 0.0596 e. The van der Waals surface area contributed by atoms with Crippen LogP contribution in [0.25, 0.3) is 0 Å². The molecule has 0 saturated heterocycles. The molecule has 0 aromatic rings. The molecule has 5 heavy (non-hydrogen) atoms. The van der Waals surface area contributed by atoms with Crippen LogP contribution in [0.4, 0.5) is 0 Å². The second-order valence-electron chi connectivity index (χ2n) is 1.99. The van der Waals surface area contributed by atoms with Crippen LogP contribution < -0.4 is 0 Å². The Hall–Kier alpha value is 0. The summed E-state index contributed by atoms with van der Waals surface area (Å²) < 4.78 is 0. The van der Waals surface area contributed by atoms with Crippen LogP contribution in [0.5, 0.6) is 0 Å². The summed E-state index contributed by atoms with van der Waals surface area (Å²) in [6, 6.07) is 0. The molecule has 0 spiro atoms. The zero-order valence-electron chi connectivity index (χ0n) is 3.78. The molecule has 0 bridgehead atoms. The lowest BCUT2D eigenvalue weighted by molar-refractivity contribution is 0.615. The van der Waals surface area contributed by atoms with E-state index in [9.17, 15) is 0 Å². The summed E-state index contributed by atoms with van der Waals surface area (Å²) in [7, 11) is 0. The van der Waals surface area contributed by atoms with Gasteiger partial charge in [0.1, 0.15) is 0 Å². The lowest BCUT2D eigenvalue weighted by Crippen LogP contribution is -1.94. The topological polar surface area (TPSA) is 0 Å². The van der Waals surface area contributed by atoms with Crippen LogP contribution in [0.1, 0.15) is 13.8 Å². The number of hydrogen-bond donors (Lipinski definition) is 0. The average Bonchev–Trinajstić information content (AvgIpc) is 0.722. The Morgan fingerprint density at radius 1 is 1.60 bits per heavy atom. The van der Waals surface area contributed by atoms with E-state index in [1.165, 1.54) is 0 Å². The highest BCUT2D eigenvalue weighted by molar-refractivity contribution is 4.71. The lowest BCUT2D eigenvalue weighted by atomic mass is 10.0. The van der Waals surface area contributed by atoms with E-state index >= 15 is 0 Å². The normalized spacial score (nSPS) is 12.0. The van der Waals surface area contributed by atoms with Crippen molar-refractivity contribution in [2.45, 2.75) is 13.8 Å². The molecular weight excluding hydrogens is 60.1 g/mol. The van der Waals surface area contributed by atoms with Gasteiger partial charge in [0.15, 0.2) is 0 Å². The molecule has 0 fully saturated rings. The fraction of sp³-hybridized carbons (Fsp3) is 0.600. The van der Waals surface area contributed by atoms with Crippen LogP contribution in [0.15, 0.2) is 0 Å². The van der Waals surface area contributed by atoms with E-state index in [0.717, 1.165) is 0 Å². The van der Waals surface area contributed by atoms with E-state index in [2.05, 4.69) is 6.92 Å². The van der Waals surface area contributed by atoms with Gasteiger partial charge in [-0.05, 0) is 19.3 Å². The van der Waals surface area contributed by atoms with E-state index in [0.29, 0.717) is 0 Å². The summed E-state index contributed by atoms with van der Waals surface area (Å²) in [5, 5.41) is 0. The highest BCUT2D eigenvalue weighted by atomic mass is 14.0. The standard InChI is InChI=1S/C5H9/c1-5(2,3)4/h1H,2H2,3-4H3. The quantitative estimate of drug-likeness (QED) is 0.405. The van der Waals surface area contributed by atoms with E-state index in [1.54, 1.807) is 0 Å². The molecule has 0 unspecified atom stereocenters. The summed E-state index contributed by atoms with van der Waals surface area (Å²) in [6.45, 7) is 12.5. The molecule has 0 rings (SSSR count). The number of hydrogen-bond acceptors (Lipinski definition) is 0. The highest BCUT2D eigenvalue weighted by Crippen LogP contribution is 2.06. The van der Waals surface area contributed by atoms with Crippen molar-refractivity contribution in [1.82, 2.24) is 0 Å². The highest BCUT2D eigenvalue weighted by Gasteiger charge is 1.96. The van der Waals surface area contributed by atoms with Crippen LogP contribution in [0.2, 0.25) is 0 Å². The van der Waals surface area contributed by atoms with E-state index in [1.807, 2.05) is 13.8 Å². The Kier molecular flexibility index (Phi) is 1.00. The first-order chi connectivity index (χ1) is 2.00. The van der Waals surface area contributed by atoms with Gasteiger partial charge in [-0.2, -0.15) is 0 Å². The Labute approximate surface area is 34.2 Å². The van der Waals surface area contributed by atoms with Crippen molar-refractivity contribution in [2.75, 3.05) is 0 Å². The minimum absolute atomic E-state index is 0.250. The maximum Gasteiger partial charge on any atom is -0.0290 e. The second-order valence-corrected chi connectivity index (χ2v) is 1.99. The van der Waals surface area contributed by atoms with Crippen LogP contribution >= 0.6 is 0 Å². The molecule has 0 nitrogen and oxygen atoms in total. The first-order valence-corrected chi connectivity index (χ1v) is 1.64. The predicted molar refractivity (Wildman–Crippen MR) is 23.4 cm³/mol. The van der Waals surface area contributed by atoms with Crippen molar-refractivity contribution in [3.8, 4) is 0 Å². The molecule has 29 valence electrons. The van der Waals surface area contributed by atoms with Gasteiger partial charge in [0, 0.05) is 0 Å². The second kappa shape index (κ2) is 1.00. The molecule has 0 aromatic carbocycles. The molecule has 0 aliphatic rings. The summed E-state index contributed by atoms with van der Waals surface area (Å²) in [5.41, 5.74) is -0.250. The van der Waals surface area contributed by atoms with Crippen LogP contribution in [0, 0.1) is 19.3 Å². The van der Waals surface area contributed by atoms with Crippen LogP contribution in [0.3, 0.4) is 0 Å². The van der Waals surface area contributed by atoms with Gasteiger partial charge in [-0.3, -0.25) is 0 Å². The minimum atomic E-state index is -0.250. The molecule has 0 heterocycles. The van der Waals surface area contributed by atoms with Gasteiger partial charge in [0.2, 0.25) is 0 Å².